The van der Waals surface area contributed by atoms with E-state index in [4.69, 9.17) is 0 Å². The Labute approximate surface area is 117 Å². The van der Waals surface area contributed by atoms with Crippen LogP contribution in [-0.4, -0.2) is 9.97 Å². The molecule has 0 aliphatic rings. The van der Waals surface area contributed by atoms with Crippen LogP contribution < -0.4 is 0 Å². The Morgan fingerprint density at radius 1 is 0.550 bits per heavy atom. The van der Waals surface area contributed by atoms with Crippen LogP contribution in [0.1, 0.15) is 0 Å². The first-order valence-corrected chi connectivity index (χ1v) is 6.72. The summed E-state index contributed by atoms with van der Waals surface area (Å²) in [7, 11) is 0. The van der Waals surface area contributed by atoms with Crippen LogP contribution in [0.3, 0.4) is 0 Å². The Balaban J connectivity index is 2.06. The number of rotatable bonds is 2. The zero-order valence-corrected chi connectivity index (χ0v) is 10.9. The lowest BCUT2D eigenvalue weighted by Crippen LogP contribution is -1.87. The first-order chi connectivity index (χ1) is 9.92. The summed E-state index contributed by atoms with van der Waals surface area (Å²) in [5.74, 6) is 0. The molecule has 0 fully saturated rings. The molecule has 4 aromatic rings. The number of aromatic nitrogens is 2. The molecule has 2 N–H and O–H groups in total. The molecule has 0 unspecified atom stereocenters. The molecule has 2 heteroatoms. The van der Waals surface area contributed by atoms with Gasteiger partial charge in [-0.15, -0.1) is 0 Å². The van der Waals surface area contributed by atoms with Gasteiger partial charge in [-0.25, -0.2) is 0 Å². The summed E-state index contributed by atoms with van der Waals surface area (Å²) in [4.78, 5) is 6.61. The van der Waals surface area contributed by atoms with Crippen LogP contribution in [0.15, 0.2) is 73.1 Å². The van der Waals surface area contributed by atoms with Gasteiger partial charge >= 0.3 is 0 Å². The highest BCUT2D eigenvalue weighted by atomic mass is 14.7. The Morgan fingerprint density at radius 3 is 1.45 bits per heavy atom. The highest BCUT2D eigenvalue weighted by Crippen LogP contribution is 2.34. The maximum Gasteiger partial charge on any atom is 0.0460 e. The molecule has 0 spiro atoms. The van der Waals surface area contributed by atoms with Gasteiger partial charge in [-0.2, -0.15) is 0 Å². The summed E-state index contributed by atoms with van der Waals surface area (Å²) >= 11 is 0. The summed E-state index contributed by atoms with van der Waals surface area (Å²) in [5, 5.41) is 2.51. The highest BCUT2D eigenvalue weighted by molar-refractivity contribution is 5.95. The molecule has 96 valence electrons. The molecule has 0 atom stereocenters. The molecule has 2 heterocycles. The molecule has 0 bridgehead atoms. The van der Waals surface area contributed by atoms with Crippen molar-refractivity contribution in [2.75, 3.05) is 0 Å². The van der Waals surface area contributed by atoms with E-state index in [1.165, 1.54) is 21.9 Å². The number of hydrogen-bond donors (Lipinski definition) is 2. The van der Waals surface area contributed by atoms with E-state index in [1.54, 1.807) is 0 Å². The van der Waals surface area contributed by atoms with Crippen LogP contribution in [0, 0.1) is 0 Å². The molecule has 2 nitrogen and oxygen atoms in total. The monoisotopic (exact) mass is 258 g/mol. The maximum atomic E-state index is 3.31. The van der Waals surface area contributed by atoms with Crippen LogP contribution in [0.5, 0.6) is 0 Å². The zero-order chi connectivity index (χ0) is 13.4. The predicted octanol–water partition coefficient (Wildman–Crippen LogP) is 4.83. The van der Waals surface area contributed by atoms with Crippen molar-refractivity contribution in [2.45, 2.75) is 0 Å². The van der Waals surface area contributed by atoms with Gasteiger partial charge in [0.25, 0.3) is 0 Å². The van der Waals surface area contributed by atoms with Crippen molar-refractivity contribution >= 4 is 10.8 Å². The number of hydrogen-bond acceptors (Lipinski definition) is 0. The van der Waals surface area contributed by atoms with Gasteiger partial charge in [0.15, 0.2) is 0 Å². The molecular weight excluding hydrogens is 244 g/mol. The summed E-state index contributed by atoms with van der Waals surface area (Å²) in [6.45, 7) is 0. The summed E-state index contributed by atoms with van der Waals surface area (Å²) in [6.07, 6.45) is 3.92. The van der Waals surface area contributed by atoms with E-state index in [-0.39, 0.29) is 0 Å². The minimum absolute atomic E-state index is 1.14. The van der Waals surface area contributed by atoms with Crippen LogP contribution in [0.25, 0.3) is 33.3 Å². The largest absolute Gasteiger partial charge is 0.361 e. The molecule has 4 rings (SSSR count). The summed E-state index contributed by atoms with van der Waals surface area (Å²) in [5.41, 5.74) is 4.72. The van der Waals surface area contributed by atoms with Gasteiger partial charge < -0.3 is 9.97 Å². The fraction of sp³-hybridized carbons (Fsp3) is 0. The average Bonchev–Trinajstić information content (AvgIpc) is 3.19. The van der Waals surface area contributed by atoms with Gasteiger partial charge in [0.05, 0.1) is 0 Å². The second-order valence-electron chi connectivity index (χ2n) is 4.91. The van der Waals surface area contributed by atoms with Crippen LogP contribution in [-0.2, 0) is 0 Å². The molecule has 2 aromatic heterocycles. The zero-order valence-electron chi connectivity index (χ0n) is 10.9. The van der Waals surface area contributed by atoms with Gasteiger partial charge in [0.2, 0.25) is 0 Å². The van der Waals surface area contributed by atoms with Crippen molar-refractivity contribution in [3.63, 3.8) is 0 Å². The summed E-state index contributed by atoms with van der Waals surface area (Å²) < 4.78 is 0. The van der Waals surface area contributed by atoms with Gasteiger partial charge in [-0.3, -0.25) is 0 Å². The standard InChI is InChI=1S/C18H14N2/c1-2-6-14-12-16(18-8-4-10-20-18)15(11-13(14)5-1)17-7-3-9-19-17/h1-12,19-20H. The smallest absolute Gasteiger partial charge is 0.0460 e. The molecule has 0 saturated carbocycles. The predicted molar refractivity (Wildman–Crippen MR) is 83.5 cm³/mol. The van der Waals surface area contributed by atoms with Gasteiger partial charge in [0, 0.05) is 34.9 Å². The van der Waals surface area contributed by atoms with Crippen molar-refractivity contribution in [1.29, 1.82) is 0 Å². The molecule has 0 amide bonds. The molecule has 0 aliphatic carbocycles. The Kier molecular flexibility index (Phi) is 2.46. The molecule has 0 radical (unpaired) electrons. The third-order valence-electron chi connectivity index (χ3n) is 3.66. The van der Waals surface area contributed by atoms with Crippen LogP contribution in [0.4, 0.5) is 0 Å². The third-order valence-corrected chi connectivity index (χ3v) is 3.66. The minimum atomic E-state index is 1.14. The van der Waals surface area contributed by atoms with E-state index >= 15 is 0 Å². The average molecular weight is 258 g/mol. The SMILES string of the molecule is c1c[nH]c(-c2cc3ccccc3cc2-c2ccc[nH]2)c1. The van der Waals surface area contributed by atoms with Crippen LogP contribution >= 0.6 is 0 Å². The highest BCUT2D eigenvalue weighted by Gasteiger charge is 2.10. The number of aromatic amines is 2. The Hall–Kier alpha value is -2.74. The van der Waals surface area contributed by atoms with E-state index in [0.717, 1.165) is 11.4 Å². The lowest BCUT2D eigenvalue weighted by Gasteiger charge is -2.10. The van der Waals surface area contributed by atoms with E-state index in [9.17, 15) is 0 Å². The van der Waals surface area contributed by atoms with Crippen molar-refractivity contribution in [3.05, 3.63) is 73.1 Å². The van der Waals surface area contributed by atoms with Crippen LogP contribution in [0.2, 0.25) is 0 Å². The number of fused-ring (bicyclic) bond motifs is 1. The Bertz CT molecular complexity index is 768. The van der Waals surface area contributed by atoms with Crippen molar-refractivity contribution in [2.24, 2.45) is 0 Å². The normalized spacial score (nSPS) is 11.0. The second kappa shape index (κ2) is 4.42. The van der Waals surface area contributed by atoms with E-state index in [1.807, 2.05) is 24.5 Å². The number of H-pyrrole nitrogens is 2. The third kappa shape index (κ3) is 1.74. The quantitative estimate of drug-likeness (QED) is 0.516. The van der Waals surface area contributed by atoms with Gasteiger partial charge in [0.1, 0.15) is 0 Å². The number of benzene rings is 2. The van der Waals surface area contributed by atoms with Gasteiger partial charge in [-0.05, 0) is 47.2 Å². The summed E-state index contributed by atoms with van der Waals surface area (Å²) in [6, 6.07) is 21.2. The Morgan fingerprint density at radius 2 is 1.05 bits per heavy atom. The lowest BCUT2D eigenvalue weighted by molar-refractivity contribution is 1.38. The van der Waals surface area contributed by atoms with E-state index in [2.05, 4.69) is 58.5 Å². The fourth-order valence-electron chi connectivity index (χ4n) is 2.68. The van der Waals surface area contributed by atoms with E-state index < -0.39 is 0 Å². The molecule has 20 heavy (non-hydrogen) atoms. The minimum Gasteiger partial charge on any atom is -0.361 e. The van der Waals surface area contributed by atoms with Gasteiger partial charge in [-0.1, -0.05) is 24.3 Å². The first kappa shape index (κ1) is 11.1. The van der Waals surface area contributed by atoms with Crippen molar-refractivity contribution in [3.8, 4) is 22.5 Å². The second-order valence-corrected chi connectivity index (χ2v) is 4.91. The molecular formula is C18H14N2. The first-order valence-electron chi connectivity index (χ1n) is 6.72. The lowest BCUT2D eigenvalue weighted by atomic mass is 9.97. The van der Waals surface area contributed by atoms with Crippen molar-refractivity contribution in [1.82, 2.24) is 9.97 Å². The maximum absolute atomic E-state index is 3.31. The molecule has 0 aliphatic heterocycles. The van der Waals surface area contributed by atoms with Crippen molar-refractivity contribution < 1.29 is 0 Å². The number of nitrogens with one attached hydrogen (secondary N) is 2. The topological polar surface area (TPSA) is 31.6 Å². The van der Waals surface area contributed by atoms with E-state index in [0.29, 0.717) is 0 Å². The fourth-order valence-corrected chi connectivity index (χ4v) is 2.68. The molecule has 0 saturated heterocycles. The molecule has 2 aromatic carbocycles.